The van der Waals surface area contributed by atoms with Crippen LogP contribution in [-0.2, 0) is 11.2 Å². The molecule has 0 atom stereocenters. The zero-order chi connectivity index (χ0) is 27.8. The summed E-state index contributed by atoms with van der Waals surface area (Å²) in [5.41, 5.74) is 5.57. The molecule has 0 radical (unpaired) electrons. The third-order valence-corrected chi connectivity index (χ3v) is 6.95. The fourth-order valence-corrected chi connectivity index (χ4v) is 5.08. The number of anilines is 1. The Kier molecular flexibility index (Phi) is 5.94. The van der Waals surface area contributed by atoms with E-state index in [0.29, 0.717) is 28.2 Å². The fraction of sp³-hybridized carbons (Fsp3) is 0.0312. The number of carbonyl (C=O) groups excluding carboxylic acids is 1. The molecule has 4 heterocycles. The summed E-state index contributed by atoms with van der Waals surface area (Å²) in [6.45, 7) is 0. The number of aromatic nitrogens is 6. The number of fused-ring (bicyclic) bond motifs is 2. The Morgan fingerprint density at radius 3 is 2.37 bits per heavy atom. The maximum atomic E-state index is 14.3. The molecule has 0 saturated carbocycles. The van der Waals surface area contributed by atoms with E-state index in [-0.39, 0.29) is 23.7 Å². The second-order valence-electron chi connectivity index (χ2n) is 9.60. The Bertz CT molecular complexity index is 2080. The molecule has 0 aliphatic heterocycles. The van der Waals surface area contributed by atoms with E-state index in [1.807, 2.05) is 91.0 Å². The molecule has 9 heteroatoms. The molecule has 7 aromatic rings. The smallest absolute Gasteiger partial charge is 0.284 e. The summed E-state index contributed by atoms with van der Waals surface area (Å²) in [6.07, 6.45) is 3.42. The molecule has 9 nitrogen and oxygen atoms in total. The van der Waals surface area contributed by atoms with Crippen LogP contribution < -0.4 is 10.9 Å². The summed E-state index contributed by atoms with van der Waals surface area (Å²) in [7, 11) is 0. The number of hydrogen-bond acceptors (Lipinski definition) is 5. The largest absolute Gasteiger partial charge is 0.325 e. The molecular formula is C32H23N7O2. The van der Waals surface area contributed by atoms with Gasteiger partial charge >= 0.3 is 0 Å². The molecule has 0 bridgehead atoms. The Hall–Kier alpha value is -5.83. The quantitative estimate of drug-likeness (QED) is 0.260. The first-order valence-electron chi connectivity index (χ1n) is 13.1. The summed E-state index contributed by atoms with van der Waals surface area (Å²) in [4.78, 5) is 35.3. The van der Waals surface area contributed by atoms with Gasteiger partial charge in [0, 0.05) is 23.3 Å². The van der Waals surface area contributed by atoms with Crippen LogP contribution in [0.1, 0.15) is 5.69 Å². The second-order valence-corrected chi connectivity index (χ2v) is 9.60. The summed E-state index contributed by atoms with van der Waals surface area (Å²) in [5.74, 6) is -0.0344. The van der Waals surface area contributed by atoms with Crippen molar-refractivity contribution in [3.63, 3.8) is 0 Å². The Morgan fingerprint density at radius 2 is 1.61 bits per heavy atom. The molecule has 0 fully saturated rings. The van der Waals surface area contributed by atoms with Crippen LogP contribution in [-0.4, -0.2) is 35.7 Å². The van der Waals surface area contributed by atoms with E-state index in [1.54, 1.807) is 18.5 Å². The van der Waals surface area contributed by atoms with Gasteiger partial charge in [-0.2, -0.15) is 14.7 Å². The first-order valence-corrected chi connectivity index (χ1v) is 13.1. The van der Waals surface area contributed by atoms with Gasteiger partial charge in [-0.05, 0) is 35.4 Å². The summed E-state index contributed by atoms with van der Waals surface area (Å²) >= 11 is 0. The monoisotopic (exact) mass is 537 g/mol. The standard InChI is InChI=1S/C32H23N7O2/c40-26(19-24-15-17-34-37-24)35-30-28(23-13-14-25-22(18-23)12-7-16-33-25)32(41)39-31(36-30)27(20-8-3-1-4-9-20)29(38-39)21-10-5-2-6-11-21/h1-18,36H,19H2,(H,34,37)(H,35,40). The molecule has 7 rings (SSSR count). The molecule has 3 N–H and O–H groups in total. The topological polar surface area (TPSA) is 121 Å². The van der Waals surface area contributed by atoms with E-state index in [9.17, 15) is 9.59 Å². The van der Waals surface area contributed by atoms with Gasteiger partial charge in [0.1, 0.15) is 17.2 Å². The van der Waals surface area contributed by atoms with E-state index in [4.69, 9.17) is 5.10 Å². The third-order valence-electron chi connectivity index (χ3n) is 6.95. The lowest BCUT2D eigenvalue weighted by Crippen LogP contribution is -2.23. The van der Waals surface area contributed by atoms with E-state index in [2.05, 4.69) is 25.5 Å². The van der Waals surface area contributed by atoms with Crippen LogP contribution in [0.25, 0.3) is 50.1 Å². The van der Waals surface area contributed by atoms with Crippen molar-refractivity contribution < 1.29 is 4.79 Å². The van der Waals surface area contributed by atoms with Crippen LogP contribution in [0.5, 0.6) is 0 Å². The SMILES string of the molecule is O=C(Cc1cc[nH]n1)Nc1[nH]c2c(-c3ccccc3)c(-c3ccccc3)nn2c(=O)c1-c1ccc2ncccc2c1. The average molecular weight is 538 g/mol. The van der Waals surface area contributed by atoms with Gasteiger partial charge in [-0.15, -0.1) is 0 Å². The van der Waals surface area contributed by atoms with Crippen LogP contribution in [0.2, 0.25) is 0 Å². The van der Waals surface area contributed by atoms with Crippen molar-refractivity contribution in [1.82, 2.24) is 29.8 Å². The van der Waals surface area contributed by atoms with Crippen LogP contribution >= 0.6 is 0 Å². The lowest BCUT2D eigenvalue weighted by molar-refractivity contribution is -0.115. The average Bonchev–Trinajstić information content (AvgIpc) is 3.66. The zero-order valence-electron chi connectivity index (χ0n) is 21.7. The van der Waals surface area contributed by atoms with Crippen LogP contribution in [0.4, 0.5) is 5.82 Å². The fourth-order valence-electron chi connectivity index (χ4n) is 5.08. The molecule has 198 valence electrons. The predicted octanol–water partition coefficient (Wildman–Crippen LogP) is 5.48. The third kappa shape index (κ3) is 4.45. The Labute approximate surface area is 233 Å². The second kappa shape index (κ2) is 10.0. The van der Waals surface area contributed by atoms with Gasteiger partial charge in [0.05, 0.1) is 28.8 Å². The van der Waals surface area contributed by atoms with Crippen LogP contribution in [0.3, 0.4) is 0 Å². The minimum atomic E-state index is -0.364. The number of amides is 1. The molecule has 0 spiro atoms. The first-order chi connectivity index (χ1) is 20.2. The maximum Gasteiger partial charge on any atom is 0.284 e. The van der Waals surface area contributed by atoms with Crippen molar-refractivity contribution in [2.24, 2.45) is 0 Å². The molecule has 0 saturated heterocycles. The molecule has 41 heavy (non-hydrogen) atoms. The Morgan fingerprint density at radius 1 is 0.829 bits per heavy atom. The van der Waals surface area contributed by atoms with Gasteiger partial charge < -0.3 is 10.3 Å². The number of carbonyl (C=O) groups is 1. The summed E-state index contributed by atoms with van der Waals surface area (Å²) in [5, 5.41) is 15.5. The van der Waals surface area contributed by atoms with Crippen LogP contribution in [0, 0.1) is 0 Å². The molecule has 0 aliphatic rings. The van der Waals surface area contributed by atoms with E-state index < -0.39 is 0 Å². The highest BCUT2D eigenvalue weighted by Gasteiger charge is 2.24. The lowest BCUT2D eigenvalue weighted by atomic mass is 10.0. The van der Waals surface area contributed by atoms with Gasteiger partial charge in [-0.25, -0.2) is 0 Å². The predicted molar refractivity (Wildman–Crippen MR) is 158 cm³/mol. The number of hydrogen-bond donors (Lipinski definition) is 3. The van der Waals surface area contributed by atoms with Crippen molar-refractivity contribution in [3.8, 4) is 33.5 Å². The van der Waals surface area contributed by atoms with Gasteiger partial charge in [0.15, 0.2) is 0 Å². The molecule has 4 aromatic heterocycles. The maximum absolute atomic E-state index is 14.3. The number of H-pyrrole nitrogens is 2. The van der Waals surface area contributed by atoms with Gasteiger partial charge in [-0.3, -0.25) is 19.7 Å². The number of pyridine rings is 1. The number of nitrogens with zero attached hydrogens (tertiary/aromatic N) is 4. The minimum Gasteiger partial charge on any atom is -0.325 e. The van der Waals surface area contributed by atoms with Crippen molar-refractivity contribution in [3.05, 3.63) is 126 Å². The molecular weight excluding hydrogens is 514 g/mol. The van der Waals surface area contributed by atoms with Gasteiger partial charge in [-0.1, -0.05) is 72.8 Å². The van der Waals surface area contributed by atoms with Crippen molar-refractivity contribution in [2.45, 2.75) is 6.42 Å². The number of rotatable bonds is 6. The van der Waals surface area contributed by atoms with Crippen molar-refractivity contribution in [2.75, 3.05) is 5.32 Å². The highest BCUT2D eigenvalue weighted by Crippen LogP contribution is 2.36. The molecule has 0 aliphatic carbocycles. The molecule has 0 unspecified atom stereocenters. The highest BCUT2D eigenvalue weighted by molar-refractivity contribution is 5.98. The van der Waals surface area contributed by atoms with Crippen molar-refractivity contribution in [1.29, 1.82) is 0 Å². The zero-order valence-corrected chi connectivity index (χ0v) is 21.7. The van der Waals surface area contributed by atoms with E-state index in [1.165, 1.54) is 4.52 Å². The van der Waals surface area contributed by atoms with E-state index in [0.717, 1.165) is 27.6 Å². The summed E-state index contributed by atoms with van der Waals surface area (Å²) in [6, 6.07) is 30.6. The number of benzene rings is 3. The van der Waals surface area contributed by atoms with E-state index >= 15 is 0 Å². The first kappa shape index (κ1) is 24.2. The van der Waals surface area contributed by atoms with Gasteiger partial charge in [0.25, 0.3) is 5.56 Å². The molecule has 1 amide bonds. The minimum absolute atomic E-state index is 0.0395. The van der Waals surface area contributed by atoms with Crippen LogP contribution in [0.15, 0.2) is 114 Å². The highest BCUT2D eigenvalue weighted by atomic mass is 16.2. The number of aromatic amines is 2. The normalized spacial score (nSPS) is 11.2. The summed E-state index contributed by atoms with van der Waals surface area (Å²) < 4.78 is 1.39. The van der Waals surface area contributed by atoms with Crippen molar-refractivity contribution >= 4 is 28.3 Å². The molecule has 3 aromatic carbocycles. The Balaban J connectivity index is 1.49. The number of nitrogens with one attached hydrogen (secondary N) is 3. The lowest BCUT2D eigenvalue weighted by Gasteiger charge is -2.13. The van der Waals surface area contributed by atoms with Gasteiger partial charge in [0.2, 0.25) is 5.91 Å².